The van der Waals surface area contributed by atoms with Crippen LogP contribution in [0.4, 0.5) is 4.79 Å². The molecular formula is C10H19N5O4. The minimum absolute atomic E-state index is 0.120. The predicted molar refractivity (Wildman–Crippen MR) is 66.3 cm³/mol. The number of amidine groups is 1. The average Bonchev–Trinajstić information content (AvgIpc) is 2.82. The molecule has 9 nitrogen and oxygen atoms in total. The Morgan fingerprint density at radius 2 is 2.37 bits per heavy atom. The highest BCUT2D eigenvalue weighted by Crippen LogP contribution is 2.29. The number of hydrogen-bond donors (Lipinski definition) is 6. The summed E-state index contributed by atoms with van der Waals surface area (Å²) in [6.07, 6.45) is -2.91. The highest BCUT2D eigenvalue weighted by molar-refractivity contribution is 5.83. The molecule has 5 unspecified atom stereocenters. The summed E-state index contributed by atoms with van der Waals surface area (Å²) in [5.74, 6) is 0.583. The summed E-state index contributed by atoms with van der Waals surface area (Å²) in [7, 11) is 0. The van der Waals surface area contributed by atoms with E-state index in [-0.39, 0.29) is 13.2 Å². The SMILES string of the molecule is CC1=NC(C(N)COC(N)=O)C2(NCC(O)C2O)N1. The Labute approximate surface area is 110 Å². The quantitative estimate of drug-likeness (QED) is 0.316. The number of aliphatic hydroxyl groups is 2. The van der Waals surface area contributed by atoms with Gasteiger partial charge in [0, 0.05) is 6.54 Å². The van der Waals surface area contributed by atoms with Gasteiger partial charge in [0.05, 0.1) is 18.0 Å². The third kappa shape index (κ3) is 2.37. The number of aliphatic imine (C=N–C) groups is 1. The first-order valence-electron chi connectivity index (χ1n) is 5.98. The topological polar surface area (TPSA) is 155 Å². The Morgan fingerprint density at radius 1 is 1.68 bits per heavy atom. The summed E-state index contributed by atoms with van der Waals surface area (Å²) in [6, 6.07) is -1.25. The zero-order valence-corrected chi connectivity index (χ0v) is 10.5. The molecule has 1 amide bonds. The number of nitrogens with two attached hydrogens (primary N) is 2. The van der Waals surface area contributed by atoms with Crippen LogP contribution in [0.2, 0.25) is 0 Å². The van der Waals surface area contributed by atoms with Crippen molar-refractivity contribution in [1.29, 1.82) is 0 Å². The zero-order chi connectivity index (χ0) is 14.2. The summed E-state index contributed by atoms with van der Waals surface area (Å²) < 4.78 is 4.66. The number of rotatable bonds is 3. The first kappa shape index (κ1) is 14.0. The van der Waals surface area contributed by atoms with Gasteiger partial charge in [0.25, 0.3) is 0 Å². The predicted octanol–water partition coefficient (Wildman–Crippen LogP) is -3.18. The van der Waals surface area contributed by atoms with E-state index >= 15 is 0 Å². The van der Waals surface area contributed by atoms with Gasteiger partial charge in [-0.15, -0.1) is 0 Å². The van der Waals surface area contributed by atoms with Crippen molar-refractivity contribution in [2.24, 2.45) is 16.5 Å². The van der Waals surface area contributed by atoms with Crippen LogP contribution >= 0.6 is 0 Å². The van der Waals surface area contributed by atoms with Crippen molar-refractivity contribution in [3.8, 4) is 0 Å². The van der Waals surface area contributed by atoms with Gasteiger partial charge in [-0.05, 0) is 6.92 Å². The van der Waals surface area contributed by atoms with Crippen LogP contribution < -0.4 is 22.1 Å². The van der Waals surface area contributed by atoms with Gasteiger partial charge in [-0.1, -0.05) is 0 Å². The number of primary amides is 1. The molecule has 1 saturated heterocycles. The van der Waals surface area contributed by atoms with E-state index < -0.39 is 36.0 Å². The molecule has 2 aliphatic heterocycles. The number of amides is 1. The van der Waals surface area contributed by atoms with Crippen molar-refractivity contribution in [3.05, 3.63) is 0 Å². The first-order chi connectivity index (χ1) is 8.86. The lowest BCUT2D eigenvalue weighted by atomic mass is 9.91. The molecule has 108 valence electrons. The molecule has 5 atom stereocenters. The van der Waals surface area contributed by atoms with E-state index in [0.717, 1.165) is 0 Å². The summed E-state index contributed by atoms with van der Waals surface area (Å²) in [5, 5.41) is 25.8. The molecule has 1 fully saturated rings. The molecule has 0 bridgehead atoms. The normalized spacial score (nSPS) is 38.9. The van der Waals surface area contributed by atoms with Crippen molar-refractivity contribution >= 4 is 11.9 Å². The van der Waals surface area contributed by atoms with Gasteiger partial charge in [-0.2, -0.15) is 0 Å². The van der Waals surface area contributed by atoms with E-state index in [1.165, 1.54) is 0 Å². The number of carbonyl (C=O) groups is 1. The van der Waals surface area contributed by atoms with Crippen molar-refractivity contribution in [3.63, 3.8) is 0 Å². The molecule has 2 rings (SSSR count). The van der Waals surface area contributed by atoms with Crippen molar-refractivity contribution in [1.82, 2.24) is 10.6 Å². The molecule has 0 aliphatic carbocycles. The molecule has 8 N–H and O–H groups in total. The number of aliphatic hydroxyl groups excluding tert-OH is 2. The smallest absolute Gasteiger partial charge is 0.404 e. The molecule has 0 radical (unpaired) electrons. The average molecular weight is 273 g/mol. The molecule has 1 spiro atoms. The highest BCUT2D eigenvalue weighted by Gasteiger charge is 2.57. The molecule has 0 aromatic heterocycles. The first-order valence-corrected chi connectivity index (χ1v) is 5.98. The summed E-state index contributed by atoms with van der Waals surface area (Å²) in [5.41, 5.74) is 9.79. The fourth-order valence-corrected chi connectivity index (χ4v) is 2.61. The maximum Gasteiger partial charge on any atom is 0.404 e. The van der Waals surface area contributed by atoms with Crippen molar-refractivity contribution < 1.29 is 19.7 Å². The fourth-order valence-electron chi connectivity index (χ4n) is 2.61. The van der Waals surface area contributed by atoms with Crippen LogP contribution in [-0.4, -0.2) is 65.2 Å². The minimum Gasteiger partial charge on any atom is -0.448 e. The fraction of sp³-hybridized carbons (Fsp3) is 0.800. The monoisotopic (exact) mass is 273 g/mol. The summed E-state index contributed by atoms with van der Waals surface area (Å²) in [6.45, 7) is 1.82. The van der Waals surface area contributed by atoms with E-state index in [0.29, 0.717) is 5.84 Å². The Kier molecular flexibility index (Phi) is 3.63. The van der Waals surface area contributed by atoms with Gasteiger partial charge in [0.1, 0.15) is 24.4 Å². The summed E-state index contributed by atoms with van der Waals surface area (Å²) >= 11 is 0. The number of carbonyl (C=O) groups excluding carboxylic acids is 1. The van der Waals surface area contributed by atoms with Gasteiger partial charge in [-0.25, -0.2) is 4.79 Å². The van der Waals surface area contributed by atoms with Crippen LogP contribution in [0.25, 0.3) is 0 Å². The molecule has 19 heavy (non-hydrogen) atoms. The van der Waals surface area contributed by atoms with Crippen LogP contribution in [0.15, 0.2) is 4.99 Å². The summed E-state index contributed by atoms with van der Waals surface area (Å²) in [4.78, 5) is 14.9. The third-order valence-corrected chi connectivity index (χ3v) is 3.45. The second-order valence-corrected chi connectivity index (χ2v) is 4.84. The minimum atomic E-state index is -1.07. The second-order valence-electron chi connectivity index (χ2n) is 4.84. The van der Waals surface area contributed by atoms with Crippen molar-refractivity contribution in [2.75, 3.05) is 13.2 Å². The van der Waals surface area contributed by atoms with Crippen LogP contribution in [0.5, 0.6) is 0 Å². The van der Waals surface area contributed by atoms with Gasteiger partial charge in [0.15, 0.2) is 0 Å². The zero-order valence-electron chi connectivity index (χ0n) is 10.5. The standard InChI is InChI=1S/C10H19N5O4/c1-4-14-7(5(11)3-19-9(12)18)10(15-4)8(17)6(16)2-13-10/h5-8,13,16-17H,2-3,11H2,1H3,(H2,12,18)(H,14,15). The van der Waals surface area contributed by atoms with Crippen LogP contribution in [0.1, 0.15) is 6.92 Å². The Morgan fingerprint density at radius 3 is 2.89 bits per heavy atom. The molecule has 0 saturated carbocycles. The molecular weight excluding hydrogens is 254 g/mol. The molecule has 9 heteroatoms. The number of ether oxygens (including phenoxy) is 1. The van der Waals surface area contributed by atoms with Gasteiger partial charge in [0.2, 0.25) is 0 Å². The van der Waals surface area contributed by atoms with Crippen LogP contribution in [0, 0.1) is 0 Å². The van der Waals surface area contributed by atoms with E-state index in [4.69, 9.17) is 11.5 Å². The maximum absolute atomic E-state index is 10.6. The van der Waals surface area contributed by atoms with Gasteiger partial charge < -0.3 is 31.7 Å². The molecule has 0 aromatic rings. The van der Waals surface area contributed by atoms with E-state index in [9.17, 15) is 15.0 Å². The number of β-amino-alcohol motifs (C(OH)–C–C–N with tert-alkyl or cyclic N) is 1. The largest absolute Gasteiger partial charge is 0.448 e. The number of nitrogens with one attached hydrogen (secondary N) is 2. The highest BCUT2D eigenvalue weighted by atomic mass is 16.5. The Bertz CT molecular complexity index is 403. The molecule has 0 aromatic carbocycles. The van der Waals surface area contributed by atoms with E-state index in [2.05, 4.69) is 20.4 Å². The molecule has 2 heterocycles. The van der Waals surface area contributed by atoms with Gasteiger partial charge >= 0.3 is 6.09 Å². The Hall–Kier alpha value is -1.42. The maximum atomic E-state index is 10.6. The van der Waals surface area contributed by atoms with Crippen LogP contribution in [0.3, 0.4) is 0 Å². The Balaban J connectivity index is 2.14. The number of hydrogen-bond acceptors (Lipinski definition) is 8. The third-order valence-electron chi connectivity index (χ3n) is 3.45. The molecule has 2 aliphatic rings. The van der Waals surface area contributed by atoms with E-state index in [1.54, 1.807) is 6.92 Å². The van der Waals surface area contributed by atoms with Gasteiger partial charge in [-0.3, -0.25) is 10.3 Å². The van der Waals surface area contributed by atoms with E-state index in [1.807, 2.05) is 0 Å². The lowest BCUT2D eigenvalue weighted by Gasteiger charge is -2.36. The lowest BCUT2D eigenvalue weighted by molar-refractivity contribution is -0.00445. The van der Waals surface area contributed by atoms with Crippen molar-refractivity contribution in [2.45, 2.75) is 36.9 Å². The number of nitrogens with zero attached hydrogens (tertiary/aromatic N) is 1. The van der Waals surface area contributed by atoms with Crippen LogP contribution in [-0.2, 0) is 4.74 Å². The lowest BCUT2D eigenvalue weighted by Crippen LogP contribution is -2.68. The second kappa shape index (κ2) is 4.93.